The van der Waals surface area contributed by atoms with Crippen molar-refractivity contribution < 1.29 is 32.6 Å². The van der Waals surface area contributed by atoms with Crippen LogP contribution in [0.25, 0.3) is 0 Å². The Kier molecular flexibility index (Phi) is 13.6. The number of rotatable bonds is 14. The zero-order valence-corrected chi connectivity index (χ0v) is 29.0. The van der Waals surface area contributed by atoms with Crippen molar-refractivity contribution in [3.05, 3.63) is 54.1 Å². The van der Waals surface area contributed by atoms with Crippen LogP contribution in [-0.4, -0.2) is 60.9 Å². The van der Waals surface area contributed by atoms with Crippen LogP contribution in [0.4, 0.5) is 13.6 Å². The molecule has 0 spiro atoms. The van der Waals surface area contributed by atoms with Crippen molar-refractivity contribution >= 4 is 23.9 Å². The number of ether oxygens (including phenoxy) is 3. The maximum absolute atomic E-state index is 16.3. The molecule has 2 amide bonds. The highest BCUT2D eigenvalue weighted by Gasteiger charge is 2.48. The lowest BCUT2D eigenvalue weighted by Gasteiger charge is -2.36. The average molecular weight is 676 g/mol. The minimum absolute atomic E-state index is 0.214. The molecule has 1 aliphatic heterocycles. The third-order valence-corrected chi connectivity index (χ3v) is 9.33. The summed E-state index contributed by atoms with van der Waals surface area (Å²) in [5.74, 6) is -2.41. The molecular weight excluding hydrogens is 624 g/mol. The van der Waals surface area contributed by atoms with E-state index in [1.165, 1.54) is 61.3 Å². The number of hydrogen-bond donors (Lipinski definition) is 2. The second kappa shape index (κ2) is 17.4. The Hall–Kier alpha value is -3.05. The first-order chi connectivity index (χ1) is 22.4. The summed E-state index contributed by atoms with van der Waals surface area (Å²) in [5, 5.41) is 2.83. The monoisotopic (exact) mass is 675 g/mol. The van der Waals surface area contributed by atoms with Crippen molar-refractivity contribution in [2.45, 2.75) is 114 Å². The molecule has 1 atom stereocenters. The number of alkyl carbamates (subject to hydrolysis) is 1. The minimum atomic E-state index is -3.53. The van der Waals surface area contributed by atoms with Gasteiger partial charge in [0.25, 0.3) is 5.92 Å². The molecule has 47 heavy (non-hydrogen) atoms. The lowest BCUT2D eigenvalue weighted by molar-refractivity contribution is -0.145. The average Bonchev–Trinajstić information content (AvgIpc) is 3.04. The lowest BCUT2D eigenvalue weighted by atomic mass is 9.90. The van der Waals surface area contributed by atoms with Gasteiger partial charge >= 0.3 is 6.09 Å². The molecule has 1 aliphatic carbocycles. The molecule has 0 aromatic heterocycles. The number of alkyl halides is 2. The number of hydrogen-bond acceptors (Lipinski definition) is 7. The van der Waals surface area contributed by atoms with Gasteiger partial charge in [-0.15, -0.1) is 0 Å². The van der Waals surface area contributed by atoms with E-state index in [0.717, 1.165) is 30.5 Å². The van der Waals surface area contributed by atoms with Gasteiger partial charge in [-0.2, -0.15) is 8.78 Å². The van der Waals surface area contributed by atoms with E-state index >= 15 is 8.78 Å². The molecule has 2 aliphatic rings. The van der Waals surface area contributed by atoms with Crippen LogP contribution in [0.1, 0.15) is 91.0 Å². The first-order valence-corrected chi connectivity index (χ1v) is 17.8. The molecule has 2 aromatic carbocycles. The van der Waals surface area contributed by atoms with Gasteiger partial charge in [-0.1, -0.05) is 32.6 Å². The number of nitrogens with zero attached hydrogens (tertiary/aromatic N) is 1. The molecule has 4 rings (SSSR count). The van der Waals surface area contributed by atoms with Gasteiger partial charge in [0.15, 0.2) is 6.04 Å². The molecule has 2 fully saturated rings. The molecule has 260 valence electrons. The lowest BCUT2D eigenvalue weighted by Crippen LogP contribution is -2.56. The van der Waals surface area contributed by atoms with Crippen molar-refractivity contribution in [2.75, 3.05) is 26.3 Å². The van der Waals surface area contributed by atoms with E-state index in [1.807, 2.05) is 24.3 Å². The first kappa shape index (κ1) is 36.8. The number of amides is 2. The number of nitrogens with one attached hydrogen (secondary N) is 2. The van der Waals surface area contributed by atoms with Crippen molar-refractivity contribution in [1.29, 1.82) is 0 Å². The zero-order valence-electron chi connectivity index (χ0n) is 28.2. The van der Waals surface area contributed by atoms with E-state index in [0.29, 0.717) is 42.6 Å². The van der Waals surface area contributed by atoms with E-state index < -0.39 is 29.6 Å². The Morgan fingerprint density at radius 3 is 2.15 bits per heavy atom. The Labute approximate surface area is 282 Å². The summed E-state index contributed by atoms with van der Waals surface area (Å²) in [6.45, 7) is 9.06. The summed E-state index contributed by atoms with van der Waals surface area (Å²) in [6.07, 6.45) is 8.33. The first-order valence-electron chi connectivity index (χ1n) is 17.0. The second-order valence-corrected chi connectivity index (χ2v) is 14.4. The summed E-state index contributed by atoms with van der Waals surface area (Å²) in [5.41, 5.74) is -0.912. The van der Waals surface area contributed by atoms with E-state index in [2.05, 4.69) is 17.0 Å². The number of unbranched alkanes of at least 4 members (excludes halogenated alkanes) is 1. The molecule has 8 nitrogen and oxygen atoms in total. The van der Waals surface area contributed by atoms with E-state index in [-0.39, 0.29) is 24.7 Å². The van der Waals surface area contributed by atoms with Gasteiger partial charge in [-0.3, -0.25) is 4.79 Å². The fraction of sp³-hybridized carbons (Fsp3) is 0.611. The Morgan fingerprint density at radius 1 is 0.915 bits per heavy atom. The molecule has 1 saturated heterocycles. The topological polar surface area (TPSA) is 89.1 Å². The van der Waals surface area contributed by atoms with Gasteiger partial charge in [-0.05, 0) is 119 Å². The number of likely N-dealkylation sites (tertiary alicyclic amines) is 1. The standard InChI is InChI=1S/C36H51F2N3O5S/c1-5-6-24-44-29-14-12-27(13-15-29)36(37,38)32(33(42)41-22-20-28(21-23-41)39-34(43)46-35(2,3)4)40-47-31-18-16-30(17-19-31)45-25-26-10-8-7-9-11-26/h12-19,26,28,32,40H,5-11,20-25H2,1-4H3,(H,39,43). The van der Waals surface area contributed by atoms with Crippen LogP contribution in [0.5, 0.6) is 11.5 Å². The van der Waals surface area contributed by atoms with Crippen LogP contribution in [-0.2, 0) is 15.5 Å². The molecular formula is C36H51F2N3O5S. The molecule has 2 N–H and O–H groups in total. The van der Waals surface area contributed by atoms with Crippen LogP contribution in [0, 0.1) is 5.92 Å². The van der Waals surface area contributed by atoms with E-state index in [4.69, 9.17) is 14.2 Å². The highest BCUT2D eigenvalue weighted by atomic mass is 32.2. The highest BCUT2D eigenvalue weighted by molar-refractivity contribution is 7.97. The summed E-state index contributed by atoms with van der Waals surface area (Å²) < 4.78 is 52.3. The summed E-state index contributed by atoms with van der Waals surface area (Å²) in [7, 11) is 0. The van der Waals surface area contributed by atoms with E-state index in [1.54, 1.807) is 20.8 Å². The number of carbonyl (C=O) groups is 2. The van der Waals surface area contributed by atoms with Gasteiger partial charge in [0, 0.05) is 29.6 Å². The molecule has 2 aromatic rings. The normalized spacial score (nSPS) is 17.2. The van der Waals surface area contributed by atoms with Crippen LogP contribution >= 0.6 is 11.9 Å². The van der Waals surface area contributed by atoms with Gasteiger partial charge < -0.3 is 24.4 Å². The van der Waals surface area contributed by atoms with Gasteiger partial charge in [0.1, 0.15) is 17.1 Å². The highest BCUT2D eigenvalue weighted by Crippen LogP contribution is 2.36. The quantitative estimate of drug-likeness (QED) is 0.155. The summed E-state index contributed by atoms with van der Waals surface area (Å²) in [6, 6.07) is 10.9. The van der Waals surface area contributed by atoms with Crippen LogP contribution in [0.3, 0.4) is 0 Å². The van der Waals surface area contributed by atoms with Crippen molar-refractivity contribution in [3.8, 4) is 11.5 Å². The zero-order chi connectivity index (χ0) is 33.9. The Morgan fingerprint density at radius 2 is 1.53 bits per heavy atom. The SMILES string of the molecule is CCCCOc1ccc(C(F)(F)C(NSc2ccc(OCC3CCCCC3)cc2)C(=O)N2CCC(NC(=O)OC(C)(C)C)CC2)cc1. The fourth-order valence-electron chi connectivity index (χ4n) is 5.75. The van der Waals surface area contributed by atoms with Gasteiger partial charge in [0.2, 0.25) is 5.91 Å². The maximum Gasteiger partial charge on any atom is 0.407 e. The van der Waals surface area contributed by atoms with Crippen molar-refractivity contribution in [3.63, 3.8) is 0 Å². The number of benzene rings is 2. The predicted octanol–water partition coefficient (Wildman–Crippen LogP) is 8.10. The molecule has 1 unspecified atom stereocenters. The maximum atomic E-state index is 16.3. The summed E-state index contributed by atoms with van der Waals surface area (Å²) in [4.78, 5) is 28.2. The van der Waals surface area contributed by atoms with E-state index in [9.17, 15) is 9.59 Å². The van der Waals surface area contributed by atoms with Crippen LogP contribution in [0.15, 0.2) is 53.4 Å². The number of piperidine rings is 1. The largest absolute Gasteiger partial charge is 0.494 e. The van der Waals surface area contributed by atoms with Gasteiger partial charge in [0.05, 0.1) is 13.2 Å². The van der Waals surface area contributed by atoms with Crippen molar-refractivity contribution in [2.24, 2.45) is 5.92 Å². The van der Waals surface area contributed by atoms with Gasteiger partial charge in [-0.25, -0.2) is 9.52 Å². The molecule has 0 radical (unpaired) electrons. The third kappa shape index (κ3) is 11.6. The van der Waals surface area contributed by atoms with Crippen LogP contribution < -0.4 is 19.5 Å². The Bertz CT molecular complexity index is 1260. The predicted molar refractivity (Wildman–Crippen MR) is 181 cm³/mol. The molecule has 0 bridgehead atoms. The fourth-order valence-corrected chi connectivity index (χ4v) is 6.53. The Balaban J connectivity index is 1.42. The van der Waals surface area contributed by atoms with Crippen LogP contribution in [0.2, 0.25) is 0 Å². The minimum Gasteiger partial charge on any atom is -0.494 e. The smallest absolute Gasteiger partial charge is 0.407 e. The molecule has 1 saturated carbocycles. The van der Waals surface area contributed by atoms with Crippen molar-refractivity contribution in [1.82, 2.24) is 14.9 Å². The molecule has 1 heterocycles. The number of halogens is 2. The second-order valence-electron chi connectivity index (χ2n) is 13.5. The molecule has 11 heteroatoms. The number of carbonyl (C=O) groups excluding carboxylic acids is 2. The summed E-state index contributed by atoms with van der Waals surface area (Å²) >= 11 is 0.997. The third-order valence-electron chi connectivity index (χ3n) is 8.47.